The van der Waals surface area contributed by atoms with Gasteiger partial charge in [0.1, 0.15) is 5.82 Å². The number of hydrogen-bond donors (Lipinski definition) is 0. The van der Waals surface area contributed by atoms with E-state index in [4.69, 9.17) is 11.6 Å². The fraction of sp³-hybridized carbons (Fsp3) is 0.655. The summed E-state index contributed by atoms with van der Waals surface area (Å²) in [7, 11) is 0. The maximum atomic E-state index is 14.1. The van der Waals surface area contributed by atoms with Crippen LogP contribution in [0.2, 0.25) is 0 Å². The van der Waals surface area contributed by atoms with Crippen LogP contribution in [0.4, 0.5) is 4.39 Å². The molecule has 1 aromatic rings. The van der Waals surface area contributed by atoms with Crippen LogP contribution < -0.4 is 0 Å². The highest BCUT2D eigenvalue weighted by Gasteiger charge is 2.37. The highest BCUT2D eigenvalue weighted by molar-refractivity contribution is 6.26. The van der Waals surface area contributed by atoms with Crippen molar-refractivity contribution in [2.24, 2.45) is 23.7 Å². The zero-order chi connectivity index (χ0) is 21.7. The maximum absolute atomic E-state index is 14.1. The molecule has 0 saturated heterocycles. The Hall–Kier alpha value is -1.08. The van der Waals surface area contributed by atoms with Crippen LogP contribution in [-0.4, -0.2) is 4.87 Å². The summed E-state index contributed by atoms with van der Waals surface area (Å²) in [6.07, 6.45) is 23.9. The van der Waals surface area contributed by atoms with Gasteiger partial charge in [-0.2, -0.15) is 0 Å². The molecule has 2 heteroatoms. The van der Waals surface area contributed by atoms with Gasteiger partial charge in [-0.3, -0.25) is 0 Å². The summed E-state index contributed by atoms with van der Waals surface area (Å²) in [5, 5.41) is 0. The summed E-state index contributed by atoms with van der Waals surface area (Å²) in [5.41, 5.74) is 1.65. The average molecular weight is 443 g/mol. The number of allylic oxidation sites excluding steroid dienone is 4. The van der Waals surface area contributed by atoms with Gasteiger partial charge >= 0.3 is 0 Å². The van der Waals surface area contributed by atoms with Crippen LogP contribution in [0.5, 0.6) is 0 Å². The third kappa shape index (κ3) is 5.84. The van der Waals surface area contributed by atoms with Gasteiger partial charge in [0.05, 0.1) is 4.87 Å². The average Bonchev–Trinajstić information content (AvgIpc) is 2.80. The molecule has 0 bridgehead atoms. The molecule has 170 valence electrons. The molecule has 0 N–H and O–H groups in total. The van der Waals surface area contributed by atoms with E-state index in [2.05, 4.69) is 25.2 Å². The molecule has 31 heavy (non-hydrogen) atoms. The van der Waals surface area contributed by atoms with Crippen molar-refractivity contribution in [2.75, 3.05) is 0 Å². The summed E-state index contributed by atoms with van der Waals surface area (Å²) < 4.78 is 14.1. The first-order valence-electron chi connectivity index (χ1n) is 12.9. The van der Waals surface area contributed by atoms with E-state index in [-0.39, 0.29) is 10.7 Å². The van der Waals surface area contributed by atoms with E-state index in [0.29, 0.717) is 11.5 Å². The SMILES string of the molecule is CCC[C@H]1CC[C@H](CC[C@H]2CC[C@H](C3(Cl)C=CC(c4ccccc4F)=CC3)CC2)CC1. The zero-order valence-electron chi connectivity index (χ0n) is 19.3. The number of rotatable bonds is 7. The normalized spacial score (nSPS) is 33.8. The lowest BCUT2D eigenvalue weighted by Crippen LogP contribution is -2.34. The Balaban J connectivity index is 1.21. The smallest absolute Gasteiger partial charge is 0.131 e. The van der Waals surface area contributed by atoms with Gasteiger partial charge in [-0.15, -0.1) is 11.6 Å². The van der Waals surface area contributed by atoms with Crippen LogP contribution in [0.15, 0.2) is 42.5 Å². The summed E-state index contributed by atoms with van der Waals surface area (Å²) in [5.74, 6) is 3.31. The summed E-state index contributed by atoms with van der Waals surface area (Å²) in [6.45, 7) is 2.33. The summed E-state index contributed by atoms with van der Waals surface area (Å²) in [6, 6.07) is 7.03. The van der Waals surface area contributed by atoms with Crippen molar-refractivity contribution in [1.82, 2.24) is 0 Å². The third-order valence-corrected chi connectivity index (χ3v) is 9.12. The molecular weight excluding hydrogens is 403 g/mol. The fourth-order valence-electron chi connectivity index (χ4n) is 6.45. The van der Waals surface area contributed by atoms with Crippen LogP contribution in [0.1, 0.15) is 96.0 Å². The molecule has 0 spiro atoms. The van der Waals surface area contributed by atoms with Gasteiger partial charge in [0, 0.05) is 5.56 Å². The fourth-order valence-corrected chi connectivity index (χ4v) is 6.81. The minimum absolute atomic E-state index is 0.153. The van der Waals surface area contributed by atoms with Gasteiger partial charge < -0.3 is 0 Å². The van der Waals surface area contributed by atoms with Crippen LogP contribution in [0.3, 0.4) is 0 Å². The number of benzene rings is 1. The Kier molecular flexibility index (Phi) is 7.96. The van der Waals surface area contributed by atoms with Crippen molar-refractivity contribution < 1.29 is 4.39 Å². The molecule has 0 aromatic heterocycles. The molecule has 1 unspecified atom stereocenters. The first kappa shape index (κ1) is 23.1. The van der Waals surface area contributed by atoms with Crippen molar-refractivity contribution in [2.45, 2.75) is 95.3 Å². The highest BCUT2D eigenvalue weighted by Crippen LogP contribution is 2.46. The van der Waals surface area contributed by atoms with Crippen LogP contribution in [0, 0.1) is 29.5 Å². The highest BCUT2D eigenvalue weighted by atomic mass is 35.5. The summed E-state index contributed by atoms with van der Waals surface area (Å²) >= 11 is 7.11. The molecule has 0 amide bonds. The molecule has 3 aliphatic carbocycles. The maximum Gasteiger partial charge on any atom is 0.131 e. The number of alkyl halides is 1. The lowest BCUT2D eigenvalue weighted by atomic mass is 9.70. The molecule has 0 radical (unpaired) electrons. The molecule has 0 aliphatic heterocycles. The van der Waals surface area contributed by atoms with Gasteiger partial charge in [-0.1, -0.05) is 108 Å². The van der Waals surface area contributed by atoms with E-state index in [0.717, 1.165) is 29.7 Å². The van der Waals surface area contributed by atoms with Crippen LogP contribution in [-0.2, 0) is 0 Å². The molecule has 0 heterocycles. The van der Waals surface area contributed by atoms with E-state index in [9.17, 15) is 4.39 Å². The van der Waals surface area contributed by atoms with E-state index in [1.165, 1.54) is 83.1 Å². The Morgan fingerprint density at radius 3 is 2.00 bits per heavy atom. The van der Waals surface area contributed by atoms with Gasteiger partial charge in [0.2, 0.25) is 0 Å². The zero-order valence-corrected chi connectivity index (χ0v) is 20.1. The van der Waals surface area contributed by atoms with Crippen molar-refractivity contribution >= 4 is 17.2 Å². The Morgan fingerprint density at radius 1 is 0.871 bits per heavy atom. The second-order valence-corrected chi connectivity index (χ2v) is 11.3. The van der Waals surface area contributed by atoms with E-state index in [1.807, 2.05) is 12.1 Å². The standard InChI is InChI=1S/C29H40ClF/c1-2-5-22-8-10-23(11-9-22)12-13-24-14-16-26(17-15-24)29(30)20-18-25(19-21-29)27-6-3-4-7-28(27)31/h3-4,6-7,18-20,22-24,26H,2,5,8-17,21H2,1H3/t22-,23-,24-,26-,29?. The van der Waals surface area contributed by atoms with Crippen molar-refractivity contribution in [3.05, 3.63) is 53.9 Å². The Bertz CT molecular complexity index is 765. The lowest BCUT2D eigenvalue weighted by molar-refractivity contribution is 0.201. The van der Waals surface area contributed by atoms with Gasteiger partial charge in [0.15, 0.2) is 0 Å². The molecule has 2 fully saturated rings. The molecule has 1 atom stereocenters. The molecule has 2 saturated carbocycles. The predicted molar refractivity (Wildman–Crippen MR) is 132 cm³/mol. The molecule has 3 aliphatic rings. The topological polar surface area (TPSA) is 0 Å². The van der Waals surface area contributed by atoms with Gasteiger partial charge in [0.25, 0.3) is 0 Å². The minimum atomic E-state index is -0.280. The van der Waals surface area contributed by atoms with Crippen molar-refractivity contribution in [3.8, 4) is 0 Å². The quantitative estimate of drug-likeness (QED) is 0.369. The van der Waals surface area contributed by atoms with Crippen LogP contribution >= 0.6 is 11.6 Å². The molecule has 0 nitrogen and oxygen atoms in total. The minimum Gasteiger partial charge on any atom is -0.206 e. The monoisotopic (exact) mass is 442 g/mol. The van der Waals surface area contributed by atoms with Crippen molar-refractivity contribution in [1.29, 1.82) is 0 Å². The Labute approximate surface area is 194 Å². The van der Waals surface area contributed by atoms with Crippen molar-refractivity contribution in [3.63, 3.8) is 0 Å². The van der Waals surface area contributed by atoms with E-state index in [1.54, 1.807) is 6.07 Å². The first-order chi connectivity index (χ1) is 15.1. The Morgan fingerprint density at radius 2 is 1.45 bits per heavy atom. The second-order valence-electron chi connectivity index (χ2n) is 10.6. The first-order valence-corrected chi connectivity index (χ1v) is 13.3. The lowest BCUT2D eigenvalue weighted by Gasteiger charge is -2.39. The summed E-state index contributed by atoms with van der Waals surface area (Å²) in [4.78, 5) is -0.280. The predicted octanol–water partition coefficient (Wildman–Crippen LogP) is 9.34. The van der Waals surface area contributed by atoms with Gasteiger partial charge in [-0.25, -0.2) is 4.39 Å². The molecule has 1 aromatic carbocycles. The molecular formula is C29H40ClF. The van der Waals surface area contributed by atoms with Gasteiger partial charge in [-0.05, 0) is 54.6 Å². The van der Waals surface area contributed by atoms with E-state index < -0.39 is 0 Å². The van der Waals surface area contributed by atoms with E-state index >= 15 is 0 Å². The third-order valence-electron chi connectivity index (χ3n) is 8.53. The molecule has 4 rings (SSSR count). The second kappa shape index (κ2) is 10.7. The number of halogens is 2. The largest absolute Gasteiger partial charge is 0.206 e. The number of hydrogen-bond acceptors (Lipinski definition) is 0. The van der Waals surface area contributed by atoms with Crippen LogP contribution in [0.25, 0.3) is 5.57 Å².